The number of amides is 3. The van der Waals surface area contributed by atoms with Crippen LogP contribution >= 0.6 is 0 Å². The average Bonchev–Trinajstić information content (AvgIpc) is 2.82. The summed E-state index contributed by atoms with van der Waals surface area (Å²) < 4.78 is 69.1. The Morgan fingerprint density at radius 2 is 1.53 bits per heavy atom. The second-order valence-electron chi connectivity index (χ2n) is 8.50. The lowest BCUT2D eigenvalue weighted by Crippen LogP contribution is -2.55. The van der Waals surface area contributed by atoms with Crippen LogP contribution in [0.2, 0.25) is 0 Å². The highest BCUT2D eigenvalue weighted by Gasteiger charge is 2.41. The van der Waals surface area contributed by atoms with Crippen LogP contribution in [0.5, 0.6) is 0 Å². The molecule has 0 saturated carbocycles. The topological polar surface area (TPSA) is 165 Å². The highest BCUT2D eigenvalue weighted by molar-refractivity contribution is 5.89. The van der Waals surface area contributed by atoms with E-state index in [0.29, 0.717) is 25.3 Å². The molecular formula is C21H28F6N4O7. The minimum atomic E-state index is -5.21. The largest absolute Gasteiger partial charge is 0.490 e. The number of likely N-dealkylation sites (tertiary alicyclic amines) is 1. The number of carbonyl (C=O) groups is 5. The molecule has 0 aromatic rings. The predicted molar refractivity (Wildman–Crippen MR) is 116 cm³/mol. The average molecular weight is 562 g/mol. The second kappa shape index (κ2) is 14.5. The number of carbonyl (C=O) groups excluding carboxylic acids is 3. The Balaban J connectivity index is 0.000000905. The maximum absolute atomic E-state index is 12.5. The van der Waals surface area contributed by atoms with Crippen LogP contribution in [0.1, 0.15) is 32.1 Å². The molecule has 5 N–H and O–H groups in total. The van der Waals surface area contributed by atoms with Gasteiger partial charge >= 0.3 is 30.2 Å². The zero-order chi connectivity index (χ0) is 29.1. The zero-order valence-electron chi connectivity index (χ0n) is 19.9. The number of carboxylic acids is 2. The van der Waals surface area contributed by atoms with Crippen molar-refractivity contribution in [2.45, 2.75) is 50.6 Å². The molecular weight excluding hydrogens is 534 g/mol. The van der Waals surface area contributed by atoms with Gasteiger partial charge in [-0.3, -0.25) is 19.2 Å². The molecule has 0 unspecified atom stereocenters. The molecule has 0 aromatic carbocycles. The fourth-order valence-corrected chi connectivity index (χ4v) is 3.59. The number of alkyl halides is 6. The number of hydrogen-bond acceptors (Lipinski definition) is 6. The first-order chi connectivity index (χ1) is 17.5. The zero-order valence-corrected chi connectivity index (χ0v) is 19.9. The number of allylic oxidation sites excluding steroid dienone is 1. The Kier molecular flexibility index (Phi) is 12.5. The summed E-state index contributed by atoms with van der Waals surface area (Å²) in [6.45, 7) is 2.28. The number of nitrogens with zero attached hydrogens (tertiary/aromatic N) is 1. The number of hydrogen-bond donors (Lipinski definition) is 5. The third-order valence-electron chi connectivity index (χ3n) is 5.50. The third kappa shape index (κ3) is 12.2. The fraction of sp³-hybridized carbons (Fsp3) is 0.667. The number of aliphatic carboxylic acids is 2. The lowest BCUT2D eigenvalue weighted by Gasteiger charge is -2.32. The summed E-state index contributed by atoms with van der Waals surface area (Å²) in [7, 11) is 0. The van der Waals surface area contributed by atoms with E-state index in [4.69, 9.17) is 15.0 Å². The highest BCUT2D eigenvalue weighted by atomic mass is 19.4. The first-order valence-corrected chi connectivity index (χ1v) is 11.4. The molecule has 2 atom stereocenters. The van der Waals surface area contributed by atoms with Gasteiger partial charge in [-0.1, -0.05) is 6.08 Å². The van der Waals surface area contributed by atoms with Crippen LogP contribution in [-0.2, 0) is 24.0 Å². The lowest BCUT2D eigenvalue weighted by molar-refractivity contribution is -0.192. The van der Waals surface area contributed by atoms with Gasteiger partial charge in [0.15, 0.2) is 0 Å². The van der Waals surface area contributed by atoms with Crippen LogP contribution in [0, 0.1) is 11.8 Å². The highest BCUT2D eigenvalue weighted by Crippen LogP contribution is 2.19. The molecule has 0 aromatic heterocycles. The van der Waals surface area contributed by atoms with E-state index in [9.17, 15) is 45.5 Å². The van der Waals surface area contributed by atoms with Crippen LogP contribution in [-0.4, -0.2) is 89.5 Å². The standard InChI is InChI=1S/C19H27F3N4O5.C2HF3O2/c20-19(21,22)18(31)25-14(10-16(28)29)24-17(30)13-2-1-9-26(11-13)15(27)4-3-12-5-7-23-8-6-12;3-2(4,5)1(6)7/h3-4,12-14,23H,1-2,5-11H2,(H,24,30)(H,25,31)(H,28,29);(H,6,7)/b4-3+;/t13-,14+;/m1./s1. The lowest BCUT2D eigenvalue weighted by atomic mass is 9.96. The monoisotopic (exact) mass is 562 g/mol. The van der Waals surface area contributed by atoms with Crippen molar-refractivity contribution in [3.05, 3.63) is 12.2 Å². The molecule has 11 nitrogen and oxygen atoms in total. The van der Waals surface area contributed by atoms with E-state index < -0.39 is 54.6 Å². The van der Waals surface area contributed by atoms with E-state index in [-0.39, 0.29) is 12.5 Å². The summed E-state index contributed by atoms with van der Waals surface area (Å²) in [6.07, 6.45) is -6.80. The quantitative estimate of drug-likeness (QED) is 0.174. The summed E-state index contributed by atoms with van der Waals surface area (Å²) in [5.74, 6) is -7.96. The number of rotatable bonds is 7. The van der Waals surface area contributed by atoms with Crippen LogP contribution in [0.4, 0.5) is 26.3 Å². The molecule has 0 bridgehead atoms. The van der Waals surface area contributed by atoms with E-state index in [2.05, 4.69) is 10.6 Å². The summed E-state index contributed by atoms with van der Waals surface area (Å²) in [5.41, 5.74) is 0. The predicted octanol–water partition coefficient (Wildman–Crippen LogP) is 1.01. The van der Waals surface area contributed by atoms with Crippen LogP contribution in [0.15, 0.2) is 12.2 Å². The van der Waals surface area contributed by atoms with Crippen molar-refractivity contribution in [3.63, 3.8) is 0 Å². The van der Waals surface area contributed by atoms with Crippen molar-refractivity contribution in [2.24, 2.45) is 11.8 Å². The van der Waals surface area contributed by atoms with Crippen LogP contribution in [0.25, 0.3) is 0 Å². The summed E-state index contributed by atoms with van der Waals surface area (Å²) >= 11 is 0. The number of piperidine rings is 2. The Morgan fingerprint density at radius 3 is 2.03 bits per heavy atom. The maximum atomic E-state index is 12.5. The Bertz CT molecular complexity index is 888. The number of carboxylic acid groups (broad SMARTS) is 2. The molecule has 2 aliphatic heterocycles. The van der Waals surface area contributed by atoms with E-state index in [0.717, 1.165) is 25.9 Å². The van der Waals surface area contributed by atoms with Crippen molar-refractivity contribution in [1.82, 2.24) is 20.9 Å². The molecule has 2 rings (SSSR count). The molecule has 2 heterocycles. The van der Waals surface area contributed by atoms with E-state index in [1.807, 2.05) is 6.08 Å². The van der Waals surface area contributed by atoms with Crippen molar-refractivity contribution in [1.29, 1.82) is 0 Å². The van der Waals surface area contributed by atoms with Crippen molar-refractivity contribution >= 4 is 29.7 Å². The van der Waals surface area contributed by atoms with Crippen molar-refractivity contribution in [3.8, 4) is 0 Å². The van der Waals surface area contributed by atoms with Crippen LogP contribution in [0.3, 0.4) is 0 Å². The molecule has 0 spiro atoms. The molecule has 17 heteroatoms. The van der Waals surface area contributed by atoms with Gasteiger partial charge in [0.1, 0.15) is 6.17 Å². The first-order valence-electron chi connectivity index (χ1n) is 11.4. The fourth-order valence-electron chi connectivity index (χ4n) is 3.59. The van der Waals surface area contributed by atoms with Gasteiger partial charge in [-0.05, 0) is 50.8 Å². The minimum absolute atomic E-state index is 0.0637. The Hall–Kier alpha value is -3.37. The second-order valence-corrected chi connectivity index (χ2v) is 8.50. The molecule has 38 heavy (non-hydrogen) atoms. The molecule has 0 radical (unpaired) electrons. The number of nitrogens with one attached hydrogen (secondary N) is 3. The maximum Gasteiger partial charge on any atom is 0.490 e. The molecule has 2 aliphatic rings. The van der Waals surface area contributed by atoms with E-state index >= 15 is 0 Å². The molecule has 2 saturated heterocycles. The molecule has 216 valence electrons. The van der Waals surface area contributed by atoms with Gasteiger partial charge in [0.05, 0.1) is 12.3 Å². The first kappa shape index (κ1) is 32.7. The smallest absolute Gasteiger partial charge is 0.481 e. The van der Waals surface area contributed by atoms with Gasteiger partial charge in [-0.2, -0.15) is 26.3 Å². The van der Waals surface area contributed by atoms with Gasteiger partial charge in [0.2, 0.25) is 11.8 Å². The third-order valence-corrected chi connectivity index (χ3v) is 5.50. The number of halogens is 6. The molecule has 2 fully saturated rings. The summed E-state index contributed by atoms with van der Waals surface area (Å²) in [5, 5.41) is 22.8. The van der Waals surface area contributed by atoms with E-state index in [1.165, 1.54) is 16.3 Å². The van der Waals surface area contributed by atoms with Gasteiger partial charge in [0, 0.05) is 13.1 Å². The normalized spacial score (nSPS) is 19.6. The summed E-state index contributed by atoms with van der Waals surface area (Å²) in [4.78, 5) is 57.4. The Labute approximate surface area is 212 Å². The van der Waals surface area contributed by atoms with Crippen LogP contribution < -0.4 is 16.0 Å². The minimum Gasteiger partial charge on any atom is -0.481 e. The van der Waals surface area contributed by atoms with Crippen molar-refractivity contribution < 1.29 is 60.5 Å². The SMILES string of the molecule is O=C(O)C(F)(F)F.O=C(O)C[C@@H](NC(=O)[C@@H]1CCCN(C(=O)/C=C/C2CCNCC2)C1)NC(=O)C(F)(F)F. The van der Waals surface area contributed by atoms with Gasteiger partial charge < -0.3 is 31.1 Å². The molecule has 3 amide bonds. The van der Waals surface area contributed by atoms with Gasteiger partial charge in [0.25, 0.3) is 0 Å². The van der Waals surface area contributed by atoms with Gasteiger partial charge in [-0.25, -0.2) is 4.79 Å². The Morgan fingerprint density at radius 1 is 0.947 bits per heavy atom. The van der Waals surface area contributed by atoms with Crippen molar-refractivity contribution in [2.75, 3.05) is 26.2 Å². The molecule has 0 aliphatic carbocycles. The van der Waals surface area contributed by atoms with Gasteiger partial charge in [-0.15, -0.1) is 0 Å². The van der Waals surface area contributed by atoms with E-state index in [1.54, 1.807) is 0 Å². The summed E-state index contributed by atoms with van der Waals surface area (Å²) in [6, 6.07) is 0.